The Kier molecular flexibility index (Phi) is 9.78. The maximum absolute atomic E-state index is 12.4. The highest BCUT2D eigenvalue weighted by Crippen LogP contribution is 2.21. The number of Topliss-reactive ketones (excluding diaryl/α,β-unsaturated/α-hetero) is 1. The van der Waals surface area contributed by atoms with Gasteiger partial charge in [-0.15, -0.1) is 0 Å². The van der Waals surface area contributed by atoms with E-state index in [1.165, 1.54) is 6.92 Å². The highest BCUT2D eigenvalue weighted by molar-refractivity contribution is 5.99. The molecule has 0 aliphatic heterocycles. The number of aromatic nitrogens is 1. The number of ketones is 1. The van der Waals surface area contributed by atoms with E-state index in [0.717, 1.165) is 24.2 Å². The average molecular weight is 380 g/mol. The molecule has 0 saturated carbocycles. The highest BCUT2D eigenvalue weighted by atomic mass is 16.5. The first-order valence-electron chi connectivity index (χ1n) is 9.38. The van der Waals surface area contributed by atoms with Crippen LogP contribution in [0, 0.1) is 13.8 Å². The molecule has 0 fully saturated rings. The van der Waals surface area contributed by atoms with Crippen molar-refractivity contribution in [3.05, 3.63) is 23.0 Å². The molecule has 1 amide bonds. The van der Waals surface area contributed by atoms with Crippen molar-refractivity contribution in [1.82, 2.24) is 9.88 Å². The predicted octanol–water partition coefficient (Wildman–Crippen LogP) is 2.73. The molecule has 1 heterocycles. The van der Waals surface area contributed by atoms with Crippen LogP contribution in [0.5, 0.6) is 0 Å². The largest absolute Gasteiger partial charge is 0.457 e. The van der Waals surface area contributed by atoms with Crippen LogP contribution in [0.15, 0.2) is 6.07 Å². The number of amides is 1. The van der Waals surface area contributed by atoms with E-state index in [1.54, 1.807) is 7.11 Å². The molecule has 1 atom stereocenters. The second-order valence-corrected chi connectivity index (χ2v) is 6.84. The maximum atomic E-state index is 12.4. The molecule has 0 spiro atoms. The van der Waals surface area contributed by atoms with E-state index in [1.807, 2.05) is 26.8 Å². The number of aryl methyl sites for hydroxylation is 1. The van der Waals surface area contributed by atoms with Gasteiger partial charge in [-0.1, -0.05) is 6.42 Å². The fourth-order valence-electron chi connectivity index (χ4n) is 3.18. The first kappa shape index (κ1) is 22.9. The Morgan fingerprint density at radius 2 is 1.89 bits per heavy atom. The molecule has 1 aromatic rings. The Morgan fingerprint density at radius 1 is 1.19 bits per heavy atom. The lowest BCUT2D eigenvalue weighted by Crippen LogP contribution is -2.20. The first-order valence-corrected chi connectivity index (χ1v) is 9.38. The lowest BCUT2D eigenvalue weighted by atomic mass is 10.1. The molecule has 1 N–H and O–H groups in total. The summed E-state index contributed by atoms with van der Waals surface area (Å²) in [4.78, 5) is 35.0. The minimum absolute atomic E-state index is 0.0519. The minimum atomic E-state index is -0.371. The lowest BCUT2D eigenvalue weighted by molar-refractivity contribution is -0.142. The van der Waals surface area contributed by atoms with Gasteiger partial charge in [-0.3, -0.25) is 14.4 Å². The van der Waals surface area contributed by atoms with Gasteiger partial charge >= 0.3 is 5.97 Å². The number of nitrogens with zero attached hydrogens (tertiary/aromatic N) is 1. The van der Waals surface area contributed by atoms with Gasteiger partial charge in [0.05, 0.1) is 12.6 Å². The number of nitrogens with one attached hydrogen (secondary N) is 1. The third kappa shape index (κ3) is 7.54. The Morgan fingerprint density at radius 3 is 2.52 bits per heavy atom. The van der Waals surface area contributed by atoms with Gasteiger partial charge in [-0.2, -0.15) is 0 Å². The summed E-state index contributed by atoms with van der Waals surface area (Å²) >= 11 is 0. The van der Waals surface area contributed by atoms with Gasteiger partial charge in [0.2, 0.25) is 11.7 Å². The summed E-state index contributed by atoms with van der Waals surface area (Å²) in [7, 11) is 1.65. The molecule has 1 unspecified atom stereocenters. The summed E-state index contributed by atoms with van der Waals surface area (Å²) in [6, 6.07) is 1.95. The third-order valence-corrected chi connectivity index (χ3v) is 4.43. The summed E-state index contributed by atoms with van der Waals surface area (Å²) in [6.45, 7) is 8.27. The molecular weight excluding hydrogens is 348 g/mol. The van der Waals surface area contributed by atoms with Crippen molar-refractivity contribution in [2.24, 2.45) is 0 Å². The minimum Gasteiger partial charge on any atom is -0.457 e. The van der Waals surface area contributed by atoms with Gasteiger partial charge in [0.1, 0.15) is 0 Å². The van der Waals surface area contributed by atoms with Crippen LogP contribution in [-0.4, -0.2) is 49.1 Å². The van der Waals surface area contributed by atoms with Crippen LogP contribution in [0.4, 0.5) is 0 Å². The summed E-state index contributed by atoms with van der Waals surface area (Å²) in [5, 5.41) is 2.71. The van der Waals surface area contributed by atoms with Gasteiger partial charge in [0.15, 0.2) is 6.61 Å². The molecule has 0 aliphatic rings. The Hall–Kier alpha value is -2.15. The number of esters is 1. The Balaban J connectivity index is 2.43. The van der Waals surface area contributed by atoms with Gasteiger partial charge in [0.25, 0.3) is 0 Å². The Labute approximate surface area is 161 Å². The van der Waals surface area contributed by atoms with Crippen molar-refractivity contribution < 1.29 is 23.9 Å². The molecule has 0 radical (unpaired) electrons. The van der Waals surface area contributed by atoms with Crippen LogP contribution in [0.25, 0.3) is 0 Å². The zero-order valence-corrected chi connectivity index (χ0v) is 17.1. The fraction of sp³-hybridized carbons (Fsp3) is 0.650. The molecule has 1 rings (SSSR count). The monoisotopic (exact) mass is 380 g/mol. The second kappa shape index (κ2) is 11.5. The third-order valence-electron chi connectivity index (χ3n) is 4.43. The molecular formula is C20H32N2O5. The lowest BCUT2D eigenvalue weighted by Gasteiger charge is -2.17. The molecule has 7 heteroatoms. The van der Waals surface area contributed by atoms with Gasteiger partial charge in [-0.05, 0) is 39.7 Å². The van der Waals surface area contributed by atoms with E-state index < -0.39 is 0 Å². The van der Waals surface area contributed by atoms with Crippen molar-refractivity contribution in [3.8, 4) is 0 Å². The number of rotatable bonds is 12. The SMILES string of the molecule is COCC(C)n1c(C)cc(C(=O)COC(=O)CCCCCNC(C)=O)c1C. The van der Waals surface area contributed by atoms with E-state index >= 15 is 0 Å². The molecule has 0 bridgehead atoms. The number of carbonyl (C=O) groups is 3. The highest BCUT2D eigenvalue weighted by Gasteiger charge is 2.19. The van der Waals surface area contributed by atoms with Crippen LogP contribution in [0.3, 0.4) is 0 Å². The summed E-state index contributed by atoms with van der Waals surface area (Å²) in [5.74, 6) is -0.619. The van der Waals surface area contributed by atoms with E-state index in [0.29, 0.717) is 25.1 Å². The molecule has 1 aromatic heterocycles. The topological polar surface area (TPSA) is 86.6 Å². The van der Waals surface area contributed by atoms with E-state index in [4.69, 9.17) is 9.47 Å². The Bertz CT molecular complexity index is 651. The van der Waals surface area contributed by atoms with Crippen molar-refractivity contribution in [3.63, 3.8) is 0 Å². The molecule has 7 nitrogen and oxygen atoms in total. The normalized spacial score (nSPS) is 11.9. The van der Waals surface area contributed by atoms with Crippen molar-refractivity contribution >= 4 is 17.7 Å². The average Bonchev–Trinajstić information content (AvgIpc) is 2.90. The second-order valence-electron chi connectivity index (χ2n) is 6.84. The number of methoxy groups -OCH3 is 1. The van der Waals surface area contributed by atoms with Crippen LogP contribution < -0.4 is 5.32 Å². The van der Waals surface area contributed by atoms with Crippen LogP contribution in [0.2, 0.25) is 0 Å². The summed E-state index contributed by atoms with van der Waals surface area (Å²) < 4.78 is 12.4. The molecule has 0 aliphatic carbocycles. The van der Waals surface area contributed by atoms with E-state index in [-0.39, 0.29) is 36.7 Å². The van der Waals surface area contributed by atoms with Crippen LogP contribution >= 0.6 is 0 Å². The predicted molar refractivity (Wildman–Crippen MR) is 103 cm³/mol. The number of hydrogen-bond acceptors (Lipinski definition) is 5. The number of carbonyl (C=O) groups excluding carboxylic acids is 3. The van der Waals surface area contributed by atoms with Gasteiger partial charge in [0, 0.05) is 44.0 Å². The first-order chi connectivity index (χ1) is 12.8. The zero-order chi connectivity index (χ0) is 20.4. The smallest absolute Gasteiger partial charge is 0.306 e. The number of ether oxygens (including phenoxy) is 2. The van der Waals surface area contributed by atoms with Crippen LogP contribution in [0.1, 0.15) is 67.3 Å². The van der Waals surface area contributed by atoms with Gasteiger partial charge in [-0.25, -0.2) is 0 Å². The molecule has 0 saturated heterocycles. The zero-order valence-electron chi connectivity index (χ0n) is 17.1. The fourth-order valence-corrected chi connectivity index (χ4v) is 3.18. The van der Waals surface area contributed by atoms with Crippen molar-refractivity contribution in [2.75, 3.05) is 26.9 Å². The quantitative estimate of drug-likeness (QED) is 0.342. The standard InChI is InChI=1S/C20H32N2O5/c1-14-11-18(16(3)22(14)15(2)12-26-5)19(24)13-27-20(25)9-7-6-8-10-21-17(4)23/h11,15H,6-10,12-13H2,1-5H3,(H,21,23). The summed E-state index contributed by atoms with van der Waals surface area (Å²) in [5.41, 5.74) is 2.42. The molecule has 0 aromatic carbocycles. The molecule has 152 valence electrons. The van der Waals surface area contributed by atoms with Crippen LogP contribution in [-0.2, 0) is 19.1 Å². The van der Waals surface area contributed by atoms with Gasteiger partial charge < -0.3 is 19.4 Å². The van der Waals surface area contributed by atoms with Crippen molar-refractivity contribution in [1.29, 1.82) is 0 Å². The molecule has 27 heavy (non-hydrogen) atoms. The summed E-state index contributed by atoms with van der Waals surface area (Å²) in [6.07, 6.45) is 2.59. The van der Waals surface area contributed by atoms with Crippen molar-refractivity contribution in [2.45, 2.75) is 59.4 Å². The number of unbranched alkanes of at least 4 members (excludes halogenated alkanes) is 2. The maximum Gasteiger partial charge on any atom is 0.306 e. The van der Waals surface area contributed by atoms with E-state index in [2.05, 4.69) is 9.88 Å². The van der Waals surface area contributed by atoms with E-state index in [9.17, 15) is 14.4 Å². The number of hydrogen-bond donors (Lipinski definition) is 1.